The maximum absolute atomic E-state index is 13.2. The molecule has 0 radical (unpaired) electrons. The molecule has 0 spiro atoms. The van der Waals surface area contributed by atoms with Gasteiger partial charge >= 0.3 is 0 Å². The average molecular weight is 435 g/mol. The zero-order valence-electron chi connectivity index (χ0n) is 16.7. The molecule has 3 aromatic rings. The number of aryl methyl sites for hydroxylation is 4. The molecule has 29 heavy (non-hydrogen) atoms. The van der Waals surface area contributed by atoms with Gasteiger partial charge in [0, 0.05) is 35.6 Å². The summed E-state index contributed by atoms with van der Waals surface area (Å²) in [5.74, 6) is 0.296. The normalized spacial score (nSPS) is 10.9. The first kappa shape index (κ1) is 21.3. The lowest BCUT2D eigenvalue weighted by Crippen LogP contribution is -2.30. The lowest BCUT2D eigenvalue weighted by Gasteiger charge is -2.09. The van der Waals surface area contributed by atoms with Gasteiger partial charge in [-0.3, -0.25) is 9.36 Å². The van der Waals surface area contributed by atoms with E-state index in [4.69, 9.17) is 23.8 Å². The van der Waals surface area contributed by atoms with Crippen molar-refractivity contribution < 1.29 is 4.39 Å². The summed E-state index contributed by atoms with van der Waals surface area (Å²) >= 11 is 11.5. The first-order chi connectivity index (χ1) is 13.8. The smallest absolute Gasteiger partial charge is 0.171 e. The van der Waals surface area contributed by atoms with Gasteiger partial charge in [-0.15, -0.1) is 0 Å². The molecule has 0 aliphatic heterocycles. The van der Waals surface area contributed by atoms with Crippen LogP contribution in [-0.4, -0.2) is 31.2 Å². The third-order valence-corrected chi connectivity index (χ3v) is 5.09. The van der Waals surface area contributed by atoms with Crippen LogP contribution in [0.2, 0.25) is 5.02 Å². The number of halogens is 2. The Kier molecular flexibility index (Phi) is 6.87. The van der Waals surface area contributed by atoms with Crippen molar-refractivity contribution in [3.8, 4) is 0 Å². The van der Waals surface area contributed by atoms with Gasteiger partial charge in [0.1, 0.15) is 5.82 Å². The highest BCUT2D eigenvalue weighted by molar-refractivity contribution is 7.80. The largest absolute Gasteiger partial charge is 0.362 e. The van der Waals surface area contributed by atoms with Gasteiger partial charge in [0.2, 0.25) is 0 Å². The van der Waals surface area contributed by atoms with Gasteiger partial charge in [-0.1, -0.05) is 17.7 Å². The van der Waals surface area contributed by atoms with Crippen LogP contribution in [0.25, 0.3) is 0 Å². The molecule has 1 aromatic carbocycles. The quantitative estimate of drug-likeness (QED) is 0.430. The second-order valence-corrected chi connectivity index (χ2v) is 7.76. The lowest BCUT2D eigenvalue weighted by molar-refractivity contribution is 0.558. The second-order valence-electron chi connectivity index (χ2n) is 6.95. The second kappa shape index (κ2) is 9.37. The predicted octanol–water partition coefficient (Wildman–Crippen LogP) is 4.22. The summed E-state index contributed by atoms with van der Waals surface area (Å²) in [6, 6.07) is 8.34. The molecule has 3 rings (SSSR count). The summed E-state index contributed by atoms with van der Waals surface area (Å²) in [5.41, 5.74) is 3.93. The molecule has 0 unspecified atom stereocenters. The van der Waals surface area contributed by atoms with Gasteiger partial charge in [-0.05, 0) is 63.2 Å². The van der Waals surface area contributed by atoms with Crippen molar-refractivity contribution in [3.63, 3.8) is 0 Å². The van der Waals surface area contributed by atoms with Gasteiger partial charge in [-0.25, -0.2) is 4.39 Å². The SMILES string of the molecule is Cc1cc(C)n(CCCNC(=S)Nc2cc(C)n(Cc3ccc(F)cc3Cl)n2)n1. The molecule has 6 nitrogen and oxygen atoms in total. The Bertz CT molecular complexity index is 1010. The Morgan fingerprint density at radius 3 is 2.55 bits per heavy atom. The summed E-state index contributed by atoms with van der Waals surface area (Å²) in [6.07, 6.45) is 0.903. The molecule has 0 fully saturated rings. The standard InChI is InChI=1S/C20H24ClFN6S/c1-13-9-14(2)27(25-13)8-4-7-23-20(29)24-19-10-15(3)28(26-19)12-16-5-6-17(22)11-18(16)21/h5-6,9-11H,4,7-8,12H2,1-3H3,(H2,23,24,26,29). The van der Waals surface area contributed by atoms with Crippen LogP contribution in [0.4, 0.5) is 10.2 Å². The van der Waals surface area contributed by atoms with E-state index in [0.29, 0.717) is 22.5 Å². The van der Waals surface area contributed by atoms with Crippen LogP contribution in [0, 0.1) is 26.6 Å². The first-order valence-electron chi connectivity index (χ1n) is 9.36. The molecule has 0 aliphatic carbocycles. The molecule has 0 saturated heterocycles. The summed E-state index contributed by atoms with van der Waals surface area (Å²) < 4.78 is 17.0. The van der Waals surface area contributed by atoms with Gasteiger partial charge in [0.25, 0.3) is 0 Å². The van der Waals surface area contributed by atoms with E-state index < -0.39 is 0 Å². The van der Waals surface area contributed by atoms with Crippen molar-refractivity contribution in [2.45, 2.75) is 40.3 Å². The fourth-order valence-electron chi connectivity index (χ4n) is 3.04. The molecule has 154 valence electrons. The number of aromatic nitrogens is 4. The Morgan fingerprint density at radius 2 is 1.86 bits per heavy atom. The third-order valence-electron chi connectivity index (χ3n) is 4.49. The molecule has 0 bridgehead atoms. The van der Waals surface area contributed by atoms with Gasteiger partial charge in [-0.2, -0.15) is 10.2 Å². The topological polar surface area (TPSA) is 59.7 Å². The molecular weight excluding hydrogens is 411 g/mol. The Morgan fingerprint density at radius 1 is 1.10 bits per heavy atom. The molecule has 0 saturated carbocycles. The molecule has 2 N–H and O–H groups in total. The number of nitrogens with zero attached hydrogens (tertiary/aromatic N) is 4. The maximum Gasteiger partial charge on any atom is 0.171 e. The summed E-state index contributed by atoms with van der Waals surface area (Å²) in [7, 11) is 0. The van der Waals surface area contributed by atoms with Crippen LogP contribution >= 0.6 is 23.8 Å². The van der Waals surface area contributed by atoms with Gasteiger partial charge < -0.3 is 10.6 Å². The van der Waals surface area contributed by atoms with E-state index in [9.17, 15) is 4.39 Å². The van der Waals surface area contributed by atoms with Crippen molar-refractivity contribution in [2.24, 2.45) is 0 Å². The van der Waals surface area contributed by atoms with E-state index in [1.54, 1.807) is 10.7 Å². The Balaban J connectivity index is 1.49. The lowest BCUT2D eigenvalue weighted by atomic mass is 10.2. The average Bonchev–Trinajstić information content (AvgIpc) is 3.15. The monoisotopic (exact) mass is 434 g/mol. The van der Waals surface area contributed by atoms with Crippen LogP contribution in [0.3, 0.4) is 0 Å². The fourth-order valence-corrected chi connectivity index (χ4v) is 3.47. The minimum absolute atomic E-state index is 0.354. The minimum atomic E-state index is -0.354. The summed E-state index contributed by atoms with van der Waals surface area (Å²) in [6.45, 7) is 8.01. The van der Waals surface area contributed by atoms with E-state index in [1.165, 1.54) is 12.1 Å². The van der Waals surface area contributed by atoms with E-state index >= 15 is 0 Å². The summed E-state index contributed by atoms with van der Waals surface area (Å²) in [5, 5.41) is 16.1. The third kappa shape index (κ3) is 5.77. The number of thiocarbonyl (C=S) groups is 1. The Hall–Kier alpha value is -2.45. The number of hydrogen-bond acceptors (Lipinski definition) is 3. The maximum atomic E-state index is 13.2. The zero-order valence-corrected chi connectivity index (χ0v) is 18.2. The van der Waals surface area contributed by atoms with Crippen LogP contribution in [0.15, 0.2) is 30.3 Å². The Labute approximate surface area is 180 Å². The number of benzene rings is 1. The molecule has 2 aromatic heterocycles. The number of anilines is 1. The van der Waals surface area contributed by atoms with Crippen LogP contribution < -0.4 is 10.6 Å². The van der Waals surface area contributed by atoms with E-state index in [2.05, 4.69) is 33.8 Å². The first-order valence-corrected chi connectivity index (χ1v) is 10.1. The van der Waals surface area contributed by atoms with Crippen molar-refractivity contribution in [1.82, 2.24) is 24.9 Å². The van der Waals surface area contributed by atoms with Crippen molar-refractivity contribution >= 4 is 34.7 Å². The molecule has 2 heterocycles. The number of nitrogens with one attached hydrogen (secondary N) is 2. The highest BCUT2D eigenvalue weighted by Gasteiger charge is 2.09. The van der Waals surface area contributed by atoms with Gasteiger partial charge in [0.05, 0.1) is 12.2 Å². The molecule has 0 amide bonds. The minimum Gasteiger partial charge on any atom is -0.362 e. The molecule has 0 atom stereocenters. The van der Waals surface area contributed by atoms with Crippen LogP contribution in [0.1, 0.15) is 29.1 Å². The number of hydrogen-bond donors (Lipinski definition) is 2. The molecular formula is C20H24ClFN6S. The highest BCUT2D eigenvalue weighted by Crippen LogP contribution is 2.19. The predicted molar refractivity (Wildman–Crippen MR) is 118 cm³/mol. The van der Waals surface area contributed by atoms with E-state index in [1.807, 2.05) is 24.6 Å². The van der Waals surface area contributed by atoms with Gasteiger partial charge in [0.15, 0.2) is 10.9 Å². The zero-order chi connectivity index (χ0) is 21.0. The van der Waals surface area contributed by atoms with Crippen LogP contribution in [-0.2, 0) is 13.1 Å². The van der Waals surface area contributed by atoms with Crippen LogP contribution in [0.5, 0.6) is 0 Å². The van der Waals surface area contributed by atoms with E-state index in [0.717, 1.165) is 42.2 Å². The fraction of sp³-hybridized carbons (Fsp3) is 0.350. The van der Waals surface area contributed by atoms with Crippen molar-refractivity contribution in [1.29, 1.82) is 0 Å². The summed E-state index contributed by atoms with van der Waals surface area (Å²) in [4.78, 5) is 0. The number of rotatable bonds is 7. The van der Waals surface area contributed by atoms with Crippen molar-refractivity contribution in [3.05, 3.63) is 63.8 Å². The molecule has 0 aliphatic rings. The van der Waals surface area contributed by atoms with E-state index in [-0.39, 0.29) is 5.82 Å². The highest BCUT2D eigenvalue weighted by atomic mass is 35.5. The van der Waals surface area contributed by atoms with Crippen molar-refractivity contribution in [2.75, 3.05) is 11.9 Å². The molecule has 9 heteroatoms.